The van der Waals surface area contributed by atoms with Crippen molar-refractivity contribution in [1.29, 1.82) is 0 Å². The summed E-state index contributed by atoms with van der Waals surface area (Å²) in [5.74, 6) is 0.521. The van der Waals surface area contributed by atoms with Crippen LogP contribution in [0.5, 0.6) is 0 Å². The minimum Gasteiger partial charge on any atom is -0.348 e. The molecule has 2 aliphatic rings. The molecule has 0 radical (unpaired) electrons. The molecule has 2 amide bonds. The number of hydrogen-bond donors (Lipinski definition) is 1. The van der Waals surface area contributed by atoms with Gasteiger partial charge in [-0.3, -0.25) is 14.5 Å². The van der Waals surface area contributed by atoms with Gasteiger partial charge in [0.2, 0.25) is 11.8 Å². The first-order valence-corrected chi connectivity index (χ1v) is 10.9. The molecule has 0 aliphatic carbocycles. The maximum Gasteiger partial charge on any atom is 0.234 e. The number of benzene rings is 2. The number of carbonyl (C=O) groups excluding carboxylic acids is 2. The number of fused-ring (bicyclic) bond motifs is 1. The summed E-state index contributed by atoms with van der Waals surface area (Å²) in [6, 6.07) is 14.5. The van der Waals surface area contributed by atoms with Crippen LogP contribution in [0.1, 0.15) is 44.2 Å². The zero-order valence-electron chi connectivity index (χ0n) is 17.3. The van der Waals surface area contributed by atoms with Gasteiger partial charge in [0.25, 0.3) is 0 Å². The van der Waals surface area contributed by atoms with Crippen LogP contribution in [0.25, 0.3) is 10.8 Å². The molecule has 2 aromatic rings. The largest absolute Gasteiger partial charge is 0.348 e. The molecule has 4 rings (SSSR count). The van der Waals surface area contributed by atoms with Crippen LogP contribution < -0.4 is 5.32 Å². The lowest BCUT2D eigenvalue weighted by Crippen LogP contribution is -2.45. The molecule has 154 valence electrons. The van der Waals surface area contributed by atoms with Crippen molar-refractivity contribution in [3.05, 3.63) is 48.0 Å². The van der Waals surface area contributed by atoms with Crippen LogP contribution in [-0.4, -0.2) is 54.3 Å². The summed E-state index contributed by atoms with van der Waals surface area (Å²) in [4.78, 5) is 29.4. The number of piperidine rings is 1. The second-order valence-corrected chi connectivity index (χ2v) is 8.44. The number of rotatable bonds is 5. The normalized spacial score (nSPS) is 19.4. The Balaban J connectivity index is 1.28. The summed E-state index contributed by atoms with van der Waals surface area (Å²) in [6.45, 7) is 5.93. The molecule has 2 saturated heterocycles. The summed E-state index contributed by atoms with van der Waals surface area (Å²) < 4.78 is 0. The molecule has 2 aromatic carbocycles. The van der Waals surface area contributed by atoms with E-state index in [9.17, 15) is 9.59 Å². The molecule has 0 spiro atoms. The third-order valence-electron chi connectivity index (χ3n) is 6.39. The van der Waals surface area contributed by atoms with Crippen molar-refractivity contribution in [3.8, 4) is 0 Å². The van der Waals surface area contributed by atoms with E-state index in [1.807, 2.05) is 30.0 Å². The summed E-state index contributed by atoms with van der Waals surface area (Å²) in [7, 11) is 0. The first kappa shape index (κ1) is 19.9. The highest BCUT2D eigenvalue weighted by Gasteiger charge is 2.30. The number of likely N-dealkylation sites (tertiary alicyclic amines) is 2. The molecule has 2 aliphatic heterocycles. The summed E-state index contributed by atoms with van der Waals surface area (Å²) in [6.07, 6.45) is 4.00. The van der Waals surface area contributed by atoms with Gasteiger partial charge in [0.05, 0.1) is 12.6 Å². The Kier molecular flexibility index (Phi) is 6.14. The Labute approximate surface area is 173 Å². The number of nitrogens with zero attached hydrogens (tertiary/aromatic N) is 2. The van der Waals surface area contributed by atoms with Gasteiger partial charge in [-0.2, -0.15) is 0 Å². The molecule has 0 saturated carbocycles. The standard InChI is InChI=1S/C24H31N3O2/c1-18(21-10-6-8-19-7-2-3-9-22(19)21)25-23(28)17-26-15-11-20(12-16-26)24(29)27-13-4-5-14-27/h2-3,6-10,18,20H,4-5,11-17H2,1H3,(H,25,28). The molecule has 2 fully saturated rings. The van der Waals surface area contributed by atoms with Gasteiger partial charge in [-0.1, -0.05) is 42.5 Å². The van der Waals surface area contributed by atoms with Gasteiger partial charge in [-0.05, 0) is 62.0 Å². The molecule has 0 bridgehead atoms. The Morgan fingerprint density at radius 1 is 1.00 bits per heavy atom. The predicted octanol–water partition coefficient (Wildman–Crippen LogP) is 3.35. The highest BCUT2D eigenvalue weighted by atomic mass is 16.2. The SMILES string of the molecule is CC(NC(=O)CN1CCC(C(=O)N2CCCC2)CC1)c1cccc2ccccc12. The Hall–Kier alpha value is -2.40. The van der Waals surface area contributed by atoms with Crippen molar-refractivity contribution in [2.75, 3.05) is 32.7 Å². The van der Waals surface area contributed by atoms with Gasteiger partial charge in [0, 0.05) is 19.0 Å². The molecular weight excluding hydrogens is 362 g/mol. The highest BCUT2D eigenvalue weighted by molar-refractivity contribution is 5.87. The maximum absolute atomic E-state index is 12.6. The zero-order chi connectivity index (χ0) is 20.2. The molecular formula is C24H31N3O2. The van der Waals surface area contributed by atoms with Crippen molar-refractivity contribution < 1.29 is 9.59 Å². The van der Waals surface area contributed by atoms with E-state index in [0.29, 0.717) is 12.5 Å². The van der Waals surface area contributed by atoms with Gasteiger partial charge < -0.3 is 10.2 Å². The number of nitrogens with one attached hydrogen (secondary N) is 1. The molecule has 2 heterocycles. The number of amides is 2. The Morgan fingerprint density at radius 3 is 2.45 bits per heavy atom. The van der Waals surface area contributed by atoms with Crippen LogP contribution in [0.4, 0.5) is 0 Å². The van der Waals surface area contributed by atoms with Crippen molar-refractivity contribution in [1.82, 2.24) is 15.1 Å². The number of carbonyl (C=O) groups is 2. The summed E-state index contributed by atoms with van der Waals surface area (Å²) in [5.41, 5.74) is 1.14. The van der Waals surface area contributed by atoms with Crippen LogP contribution in [0, 0.1) is 5.92 Å². The van der Waals surface area contributed by atoms with Crippen LogP contribution in [-0.2, 0) is 9.59 Å². The molecule has 5 nitrogen and oxygen atoms in total. The second kappa shape index (κ2) is 8.95. The van der Waals surface area contributed by atoms with Gasteiger partial charge in [0.1, 0.15) is 0 Å². The average molecular weight is 394 g/mol. The Morgan fingerprint density at radius 2 is 1.69 bits per heavy atom. The van der Waals surface area contributed by atoms with Crippen molar-refractivity contribution in [2.45, 2.75) is 38.6 Å². The highest BCUT2D eigenvalue weighted by Crippen LogP contribution is 2.25. The van der Waals surface area contributed by atoms with Crippen molar-refractivity contribution >= 4 is 22.6 Å². The maximum atomic E-state index is 12.6. The van der Waals surface area contributed by atoms with E-state index in [4.69, 9.17) is 0 Å². The molecule has 1 unspecified atom stereocenters. The van der Waals surface area contributed by atoms with Crippen molar-refractivity contribution in [2.24, 2.45) is 5.92 Å². The van der Waals surface area contributed by atoms with Crippen LogP contribution >= 0.6 is 0 Å². The van der Waals surface area contributed by atoms with Crippen molar-refractivity contribution in [3.63, 3.8) is 0 Å². The van der Waals surface area contributed by atoms with E-state index in [1.165, 1.54) is 10.8 Å². The van der Waals surface area contributed by atoms with Gasteiger partial charge in [-0.25, -0.2) is 0 Å². The lowest BCUT2D eigenvalue weighted by Gasteiger charge is -2.33. The van der Waals surface area contributed by atoms with Crippen LogP contribution in [0.3, 0.4) is 0 Å². The lowest BCUT2D eigenvalue weighted by atomic mass is 9.95. The van der Waals surface area contributed by atoms with E-state index >= 15 is 0 Å². The molecule has 0 aromatic heterocycles. The molecule has 5 heteroatoms. The third-order valence-corrected chi connectivity index (χ3v) is 6.39. The van der Waals surface area contributed by atoms with E-state index in [2.05, 4.69) is 34.5 Å². The van der Waals surface area contributed by atoms with Gasteiger partial charge >= 0.3 is 0 Å². The first-order valence-electron chi connectivity index (χ1n) is 10.9. The fourth-order valence-electron chi connectivity index (χ4n) is 4.73. The van der Waals surface area contributed by atoms with Gasteiger partial charge in [0.15, 0.2) is 0 Å². The molecule has 1 atom stereocenters. The summed E-state index contributed by atoms with van der Waals surface area (Å²) >= 11 is 0. The quantitative estimate of drug-likeness (QED) is 0.848. The second-order valence-electron chi connectivity index (χ2n) is 8.44. The topological polar surface area (TPSA) is 52.7 Å². The van der Waals surface area contributed by atoms with Crippen LogP contribution in [0.2, 0.25) is 0 Å². The fourth-order valence-corrected chi connectivity index (χ4v) is 4.73. The minimum absolute atomic E-state index is 0.0390. The summed E-state index contributed by atoms with van der Waals surface area (Å²) in [5, 5.41) is 5.53. The number of hydrogen-bond acceptors (Lipinski definition) is 3. The predicted molar refractivity (Wildman–Crippen MR) is 115 cm³/mol. The lowest BCUT2D eigenvalue weighted by molar-refractivity contribution is -0.136. The smallest absolute Gasteiger partial charge is 0.234 e. The Bertz CT molecular complexity index is 862. The monoisotopic (exact) mass is 393 g/mol. The molecule has 1 N–H and O–H groups in total. The van der Waals surface area contributed by atoms with Crippen LogP contribution in [0.15, 0.2) is 42.5 Å². The first-order chi connectivity index (χ1) is 14.1. The van der Waals surface area contributed by atoms with E-state index in [1.54, 1.807) is 0 Å². The zero-order valence-corrected chi connectivity index (χ0v) is 17.3. The third kappa shape index (κ3) is 4.61. The minimum atomic E-state index is -0.0390. The van der Waals surface area contributed by atoms with E-state index < -0.39 is 0 Å². The van der Waals surface area contributed by atoms with Gasteiger partial charge in [-0.15, -0.1) is 0 Å². The average Bonchev–Trinajstić information content (AvgIpc) is 3.28. The van der Waals surface area contributed by atoms with E-state index in [-0.39, 0.29) is 17.9 Å². The molecule has 29 heavy (non-hydrogen) atoms. The van der Waals surface area contributed by atoms with E-state index in [0.717, 1.165) is 57.4 Å². The fraction of sp³-hybridized carbons (Fsp3) is 0.500.